The maximum absolute atomic E-state index is 11.8. The van der Waals surface area contributed by atoms with Crippen molar-refractivity contribution in [2.24, 2.45) is 23.7 Å². The fourth-order valence-corrected chi connectivity index (χ4v) is 3.21. The Morgan fingerprint density at radius 2 is 1.57 bits per heavy atom. The van der Waals surface area contributed by atoms with Crippen LogP contribution >= 0.6 is 0 Å². The third-order valence-corrected chi connectivity index (χ3v) is 3.99. The predicted molar refractivity (Wildman–Crippen MR) is 53.7 cm³/mol. The molecule has 0 bridgehead atoms. The summed E-state index contributed by atoms with van der Waals surface area (Å²) in [5, 5.41) is 0. The van der Waals surface area contributed by atoms with Crippen molar-refractivity contribution < 1.29 is 9.59 Å². The Kier molecular flexibility index (Phi) is 1.91. The molecular weight excluding hydrogens is 176 g/mol. The molecule has 1 saturated carbocycles. The molecule has 0 heterocycles. The van der Waals surface area contributed by atoms with Crippen LogP contribution in [0.1, 0.15) is 27.7 Å². The van der Waals surface area contributed by atoms with Gasteiger partial charge >= 0.3 is 0 Å². The van der Waals surface area contributed by atoms with Gasteiger partial charge in [0.1, 0.15) is 5.78 Å². The number of carbonyl (C=O) groups excluding carboxylic acids is 2. The lowest BCUT2D eigenvalue weighted by molar-refractivity contribution is -0.124. The van der Waals surface area contributed by atoms with E-state index in [4.69, 9.17) is 0 Å². The molecule has 0 aromatic carbocycles. The van der Waals surface area contributed by atoms with E-state index < -0.39 is 0 Å². The molecule has 2 rings (SSSR count). The normalized spacial score (nSPS) is 42.3. The van der Waals surface area contributed by atoms with Gasteiger partial charge in [0.05, 0.1) is 0 Å². The smallest absolute Gasteiger partial charge is 0.161 e. The number of ketones is 2. The number of hydrogen-bond acceptors (Lipinski definition) is 2. The summed E-state index contributed by atoms with van der Waals surface area (Å²) >= 11 is 0. The maximum atomic E-state index is 11.8. The highest BCUT2D eigenvalue weighted by atomic mass is 16.1. The van der Waals surface area contributed by atoms with Crippen LogP contribution in [-0.2, 0) is 9.59 Å². The topological polar surface area (TPSA) is 34.1 Å². The molecular formula is C12H16O2. The van der Waals surface area contributed by atoms with E-state index in [1.165, 1.54) is 0 Å². The molecule has 0 N–H and O–H groups in total. The largest absolute Gasteiger partial charge is 0.299 e. The standard InChI is InChI=1S/C12H16O2/c1-5-9-6(2)12(14)8(4)10(9)7(3)11(5)13/h5-7,9H,1-4H3. The van der Waals surface area contributed by atoms with Crippen molar-refractivity contribution >= 4 is 11.6 Å². The number of rotatable bonds is 0. The summed E-state index contributed by atoms with van der Waals surface area (Å²) in [5.41, 5.74) is 1.98. The van der Waals surface area contributed by atoms with Crippen LogP contribution in [0.15, 0.2) is 11.1 Å². The molecule has 76 valence electrons. The Morgan fingerprint density at radius 3 is 2.07 bits per heavy atom. The fraction of sp³-hybridized carbons (Fsp3) is 0.667. The molecule has 0 aromatic rings. The molecule has 2 nitrogen and oxygen atoms in total. The number of hydrogen-bond donors (Lipinski definition) is 0. The second kappa shape index (κ2) is 2.78. The molecule has 2 aliphatic carbocycles. The lowest BCUT2D eigenvalue weighted by atomic mass is 9.87. The van der Waals surface area contributed by atoms with Gasteiger partial charge < -0.3 is 0 Å². The van der Waals surface area contributed by atoms with Crippen molar-refractivity contribution in [2.45, 2.75) is 27.7 Å². The summed E-state index contributed by atoms with van der Waals surface area (Å²) in [6.45, 7) is 7.71. The van der Waals surface area contributed by atoms with Gasteiger partial charge in [-0.25, -0.2) is 0 Å². The minimum atomic E-state index is -0.0242. The SMILES string of the molecule is CC1=C2C(C)C(=O)C(C)C2C(C)C1=O. The minimum absolute atomic E-state index is 0.0221. The van der Waals surface area contributed by atoms with Gasteiger partial charge in [-0.05, 0) is 18.1 Å². The van der Waals surface area contributed by atoms with Crippen molar-refractivity contribution in [1.29, 1.82) is 0 Å². The molecule has 4 unspecified atom stereocenters. The van der Waals surface area contributed by atoms with Crippen molar-refractivity contribution in [3.05, 3.63) is 11.1 Å². The number of Topliss-reactive ketones (excluding diaryl/α,β-unsaturated/α-hetero) is 2. The lowest BCUT2D eigenvalue weighted by Crippen LogP contribution is -2.21. The van der Waals surface area contributed by atoms with E-state index in [1.54, 1.807) is 0 Å². The van der Waals surface area contributed by atoms with Crippen LogP contribution in [0.25, 0.3) is 0 Å². The highest BCUT2D eigenvalue weighted by Crippen LogP contribution is 2.49. The van der Waals surface area contributed by atoms with Crippen LogP contribution in [0.4, 0.5) is 0 Å². The average Bonchev–Trinajstić information content (AvgIpc) is 2.51. The first-order valence-corrected chi connectivity index (χ1v) is 5.25. The second-order valence-corrected chi connectivity index (χ2v) is 4.67. The second-order valence-electron chi connectivity index (χ2n) is 4.67. The van der Waals surface area contributed by atoms with E-state index >= 15 is 0 Å². The molecule has 0 aromatic heterocycles. The zero-order valence-electron chi connectivity index (χ0n) is 9.13. The highest BCUT2D eigenvalue weighted by molar-refractivity contribution is 6.05. The van der Waals surface area contributed by atoms with Gasteiger partial charge in [-0.3, -0.25) is 9.59 Å². The first kappa shape index (κ1) is 9.63. The van der Waals surface area contributed by atoms with Crippen molar-refractivity contribution in [1.82, 2.24) is 0 Å². The van der Waals surface area contributed by atoms with Crippen LogP contribution in [0, 0.1) is 23.7 Å². The third-order valence-electron chi connectivity index (χ3n) is 3.99. The predicted octanol–water partition coefficient (Wildman–Crippen LogP) is 1.99. The van der Waals surface area contributed by atoms with E-state index in [-0.39, 0.29) is 29.5 Å². The Hall–Kier alpha value is -0.920. The van der Waals surface area contributed by atoms with Crippen molar-refractivity contribution in [3.8, 4) is 0 Å². The van der Waals surface area contributed by atoms with Crippen LogP contribution in [-0.4, -0.2) is 11.6 Å². The summed E-state index contributed by atoms with van der Waals surface area (Å²) in [7, 11) is 0. The van der Waals surface area contributed by atoms with Gasteiger partial charge in [-0.1, -0.05) is 20.8 Å². The zero-order valence-corrected chi connectivity index (χ0v) is 9.13. The molecule has 1 fully saturated rings. The van der Waals surface area contributed by atoms with Crippen LogP contribution < -0.4 is 0 Å². The molecule has 0 saturated heterocycles. The van der Waals surface area contributed by atoms with Crippen molar-refractivity contribution in [2.75, 3.05) is 0 Å². The van der Waals surface area contributed by atoms with E-state index in [1.807, 2.05) is 27.7 Å². The van der Waals surface area contributed by atoms with Crippen LogP contribution in [0.5, 0.6) is 0 Å². The molecule has 2 heteroatoms. The number of fused-ring (bicyclic) bond motifs is 1. The van der Waals surface area contributed by atoms with Crippen LogP contribution in [0.3, 0.4) is 0 Å². The van der Waals surface area contributed by atoms with Gasteiger partial charge in [-0.2, -0.15) is 0 Å². The van der Waals surface area contributed by atoms with Crippen LogP contribution in [0.2, 0.25) is 0 Å². The molecule has 0 spiro atoms. The summed E-state index contributed by atoms with van der Waals surface area (Å²) in [4.78, 5) is 23.5. The lowest BCUT2D eigenvalue weighted by Gasteiger charge is -2.15. The van der Waals surface area contributed by atoms with E-state index in [2.05, 4.69) is 0 Å². The highest BCUT2D eigenvalue weighted by Gasteiger charge is 2.50. The number of carbonyl (C=O) groups is 2. The summed E-state index contributed by atoms with van der Waals surface area (Å²) < 4.78 is 0. The van der Waals surface area contributed by atoms with Gasteiger partial charge in [0.25, 0.3) is 0 Å². The Labute approximate surface area is 84.4 Å². The van der Waals surface area contributed by atoms with Gasteiger partial charge in [0, 0.05) is 23.7 Å². The molecule has 2 aliphatic rings. The molecule has 0 radical (unpaired) electrons. The minimum Gasteiger partial charge on any atom is -0.299 e. The summed E-state index contributed by atoms with van der Waals surface area (Å²) in [6.07, 6.45) is 0. The van der Waals surface area contributed by atoms with Crippen molar-refractivity contribution in [3.63, 3.8) is 0 Å². The zero-order chi connectivity index (χ0) is 10.6. The number of allylic oxidation sites excluding steroid dienone is 2. The van der Waals surface area contributed by atoms with Gasteiger partial charge in [-0.15, -0.1) is 0 Å². The summed E-state index contributed by atoms with van der Waals surface area (Å²) in [5.74, 6) is 0.791. The average molecular weight is 192 g/mol. The fourth-order valence-electron chi connectivity index (χ4n) is 3.21. The van der Waals surface area contributed by atoms with Gasteiger partial charge in [0.2, 0.25) is 0 Å². The van der Waals surface area contributed by atoms with E-state index in [0.29, 0.717) is 5.78 Å². The summed E-state index contributed by atoms with van der Waals surface area (Å²) in [6, 6.07) is 0. The first-order chi connectivity index (χ1) is 6.46. The Balaban J connectivity index is 2.54. The Morgan fingerprint density at radius 1 is 1.00 bits per heavy atom. The quantitative estimate of drug-likeness (QED) is 0.588. The van der Waals surface area contributed by atoms with E-state index in [0.717, 1.165) is 11.1 Å². The molecule has 4 atom stereocenters. The van der Waals surface area contributed by atoms with Gasteiger partial charge in [0.15, 0.2) is 5.78 Å². The Bertz CT molecular complexity index is 351. The third kappa shape index (κ3) is 0.915. The monoisotopic (exact) mass is 192 g/mol. The molecule has 0 amide bonds. The van der Waals surface area contributed by atoms with E-state index in [9.17, 15) is 9.59 Å². The first-order valence-electron chi connectivity index (χ1n) is 5.25. The molecule has 0 aliphatic heterocycles. The maximum Gasteiger partial charge on any atom is 0.161 e. The molecule has 14 heavy (non-hydrogen) atoms.